The third-order valence-electron chi connectivity index (χ3n) is 7.69. The van der Waals surface area contributed by atoms with Gasteiger partial charge in [-0.15, -0.1) is 0 Å². The fourth-order valence-electron chi connectivity index (χ4n) is 5.53. The summed E-state index contributed by atoms with van der Waals surface area (Å²) in [5.74, 6) is 0.629. The maximum Gasteiger partial charge on any atom is 0.320 e. The lowest BCUT2D eigenvalue weighted by Gasteiger charge is -2.51. The van der Waals surface area contributed by atoms with Gasteiger partial charge in [0.15, 0.2) is 11.1 Å². The highest BCUT2D eigenvalue weighted by molar-refractivity contribution is 7.79. The molecule has 2 unspecified atom stereocenters. The molecule has 3 aliphatic rings. The topological polar surface area (TPSA) is 64.1 Å². The molecule has 30 heavy (non-hydrogen) atoms. The number of hydrogen-bond donors (Lipinski definition) is 1. The van der Waals surface area contributed by atoms with Crippen LogP contribution < -0.4 is 0 Å². The zero-order valence-electron chi connectivity index (χ0n) is 18.4. The van der Waals surface area contributed by atoms with Crippen molar-refractivity contribution in [1.29, 1.82) is 0 Å². The number of benzene rings is 1. The monoisotopic (exact) mass is 433 g/mol. The summed E-state index contributed by atoms with van der Waals surface area (Å²) in [6.45, 7) is 3.61. The highest BCUT2D eigenvalue weighted by Gasteiger charge is 2.55. The molecule has 2 atom stereocenters. The van der Waals surface area contributed by atoms with E-state index in [0.717, 1.165) is 32.2 Å². The Morgan fingerprint density at radius 2 is 1.80 bits per heavy atom. The lowest BCUT2D eigenvalue weighted by Crippen LogP contribution is -2.55. The summed E-state index contributed by atoms with van der Waals surface area (Å²) in [6, 6.07) is 10.8. The predicted octanol–water partition coefficient (Wildman–Crippen LogP) is 3.51. The SMILES string of the molecule is CC(CN1CC2(CCC(c3ccccc3)(N(C)C)CC2)N(CC2CC2)C1=O)S(=O)O. The van der Waals surface area contributed by atoms with Crippen LogP contribution in [0, 0.1) is 5.92 Å². The van der Waals surface area contributed by atoms with Gasteiger partial charge in [-0.05, 0) is 71.0 Å². The number of hydrogen-bond acceptors (Lipinski definition) is 3. The molecule has 1 heterocycles. The predicted molar refractivity (Wildman–Crippen MR) is 120 cm³/mol. The smallest absolute Gasteiger partial charge is 0.320 e. The Hall–Kier alpha value is -1.44. The summed E-state index contributed by atoms with van der Waals surface area (Å²) in [6.07, 6.45) is 6.37. The Morgan fingerprint density at radius 3 is 2.33 bits per heavy atom. The van der Waals surface area contributed by atoms with Crippen LogP contribution in [-0.4, -0.2) is 74.0 Å². The van der Waals surface area contributed by atoms with Gasteiger partial charge in [0.25, 0.3) is 0 Å². The molecule has 3 fully saturated rings. The van der Waals surface area contributed by atoms with Crippen molar-refractivity contribution in [3.05, 3.63) is 35.9 Å². The molecule has 0 radical (unpaired) electrons. The van der Waals surface area contributed by atoms with E-state index in [-0.39, 0.29) is 17.1 Å². The lowest BCUT2D eigenvalue weighted by molar-refractivity contribution is 0.0233. The quantitative estimate of drug-likeness (QED) is 0.669. The molecule has 2 amide bonds. The van der Waals surface area contributed by atoms with Gasteiger partial charge in [-0.25, -0.2) is 9.00 Å². The van der Waals surface area contributed by atoms with Crippen molar-refractivity contribution in [2.75, 3.05) is 33.7 Å². The second kappa shape index (κ2) is 8.24. The summed E-state index contributed by atoms with van der Waals surface area (Å²) in [7, 11) is 4.33. The van der Waals surface area contributed by atoms with Gasteiger partial charge >= 0.3 is 6.03 Å². The molecule has 1 aromatic carbocycles. The van der Waals surface area contributed by atoms with E-state index in [1.54, 1.807) is 6.92 Å². The van der Waals surface area contributed by atoms with Crippen molar-refractivity contribution in [3.63, 3.8) is 0 Å². The van der Waals surface area contributed by atoms with Crippen molar-refractivity contribution in [1.82, 2.24) is 14.7 Å². The Morgan fingerprint density at radius 1 is 1.17 bits per heavy atom. The first-order valence-corrected chi connectivity index (χ1v) is 12.3. The van der Waals surface area contributed by atoms with Crippen molar-refractivity contribution in [2.24, 2.45) is 5.92 Å². The summed E-state index contributed by atoms with van der Waals surface area (Å²) < 4.78 is 21.0. The van der Waals surface area contributed by atoms with Crippen LogP contribution in [0.4, 0.5) is 4.79 Å². The van der Waals surface area contributed by atoms with Gasteiger partial charge in [-0.3, -0.25) is 4.90 Å². The van der Waals surface area contributed by atoms with Crippen LogP contribution in [0.3, 0.4) is 0 Å². The molecule has 1 N–H and O–H groups in total. The largest absolute Gasteiger partial charge is 0.321 e. The van der Waals surface area contributed by atoms with Crippen LogP contribution in [0.5, 0.6) is 0 Å². The highest BCUT2D eigenvalue weighted by atomic mass is 32.2. The van der Waals surface area contributed by atoms with Gasteiger partial charge in [0.05, 0.1) is 10.8 Å². The van der Waals surface area contributed by atoms with Crippen molar-refractivity contribution < 1.29 is 13.6 Å². The van der Waals surface area contributed by atoms with Gasteiger partial charge in [-0.2, -0.15) is 0 Å². The molecule has 1 spiro atoms. The van der Waals surface area contributed by atoms with Crippen LogP contribution in [0.1, 0.15) is 51.0 Å². The van der Waals surface area contributed by atoms with Gasteiger partial charge in [-0.1, -0.05) is 30.3 Å². The number of carbonyl (C=O) groups excluding carboxylic acids is 1. The Labute approximate surface area is 182 Å². The molecule has 1 saturated heterocycles. The van der Waals surface area contributed by atoms with Crippen LogP contribution >= 0.6 is 0 Å². The summed E-state index contributed by atoms with van der Waals surface area (Å²) in [5, 5.41) is -0.430. The Kier molecular flexibility index (Phi) is 5.99. The third kappa shape index (κ3) is 3.92. The number of amides is 2. The average molecular weight is 434 g/mol. The molecule has 0 bridgehead atoms. The summed E-state index contributed by atoms with van der Waals surface area (Å²) in [5.41, 5.74) is 1.20. The maximum atomic E-state index is 13.3. The van der Waals surface area contributed by atoms with Gasteiger partial charge in [0.1, 0.15) is 0 Å². The molecule has 0 aromatic heterocycles. The zero-order valence-corrected chi connectivity index (χ0v) is 19.2. The number of urea groups is 1. The van der Waals surface area contributed by atoms with E-state index in [4.69, 9.17) is 0 Å². The second-order valence-electron chi connectivity index (χ2n) is 9.82. The summed E-state index contributed by atoms with van der Waals surface area (Å²) >= 11 is -1.91. The van der Waals surface area contributed by atoms with E-state index in [2.05, 4.69) is 54.2 Å². The van der Waals surface area contributed by atoms with Gasteiger partial charge in [0.2, 0.25) is 0 Å². The van der Waals surface area contributed by atoms with Crippen LogP contribution in [0.2, 0.25) is 0 Å². The minimum Gasteiger partial charge on any atom is -0.321 e. The fraction of sp³-hybridized carbons (Fsp3) is 0.696. The van der Waals surface area contributed by atoms with Gasteiger partial charge < -0.3 is 14.4 Å². The van der Waals surface area contributed by atoms with Crippen molar-refractivity contribution in [2.45, 2.75) is 61.8 Å². The summed E-state index contributed by atoms with van der Waals surface area (Å²) in [4.78, 5) is 19.7. The maximum absolute atomic E-state index is 13.3. The number of rotatable bonds is 7. The molecular weight excluding hydrogens is 398 g/mol. The number of nitrogens with zero attached hydrogens (tertiary/aromatic N) is 3. The average Bonchev–Trinajstić information content (AvgIpc) is 3.52. The molecule has 6 nitrogen and oxygen atoms in total. The molecular formula is C23H35N3O3S. The van der Waals surface area contributed by atoms with E-state index in [1.807, 2.05) is 4.90 Å². The highest BCUT2D eigenvalue weighted by Crippen LogP contribution is 2.49. The van der Waals surface area contributed by atoms with E-state index in [1.165, 1.54) is 18.4 Å². The van der Waals surface area contributed by atoms with Gasteiger partial charge in [0, 0.05) is 25.2 Å². The molecule has 166 valence electrons. The standard InChI is InChI=1S/C23H35N3O3S/c1-18(30(28)29)15-25-17-22(26(21(25)27)16-19-9-10-19)11-13-23(14-12-22,24(2)3)20-7-5-4-6-8-20/h4-8,18-19H,9-17H2,1-3H3,(H,28,29). The number of carbonyl (C=O) groups is 1. The Balaban J connectivity index is 1.57. The van der Waals surface area contributed by atoms with E-state index in [0.29, 0.717) is 19.0 Å². The normalized spacial score (nSPS) is 31.6. The van der Waals surface area contributed by atoms with E-state index < -0.39 is 16.3 Å². The Bertz CT molecular complexity index is 788. The van der Waals surface area contributed by atoms with Crippen LogP contribution in [0.15, 0.2) is 30.3 Å². The molecule has 1 aliphatic heterocycles. The van der Waals surface area contributed by atoms with E-state index in [9.17, 15) is 13.6 Å². The molecule has 1 aromatic rings. The van der Waals surface area contributed by atoms with Crippen molar-refractivity contribution in [3.8, 4) is 0 Å². The minimum atomic E-state index is -1.91. The lowest BCUT2D eigenvalue weighted by atomic mass is 9.68. The molecule has 4 rings (SSSR count). The zero-order chi connectivity index (χ0) is 21.5. The van der Waals surface area contributed by atoms with Crippen LogP contribution in [0.25, 0.3) is 0 Å². The van der Waals surface area contributed by atoms with E-state index >= 15 is 0 Å². The molecule has 2 aliphatic carbocycles. The first-order valence-electron chi connectivity index (χ1n) is 11.2. The first kappa shape index (κ1) is 21.8. The van der Waals surface area contributed by atoms with Crippen LogP contribution in [-0.2, 0) is 16.6 Å². The second-order valence-corrected chi connectivity index (χ2v) is 11.2. The van der Waals surface area contributed by atoms with Crippen molar-refractivity contribution >= 4 is 17.1 Å². The molecule has 7 heteroatoms. The fourth-order valence-corrected chi connectivity index (χ4v) is 5.84. The molecule has 2 saturated carbocycles. The minimum absolute atomic E-state index is 0.00584. The third-order valence-corrected chi connectivity index (χ3v) is 8.53. The first-order chi connectivity index (χ1) is 14.3.